The normalized spacial score (nSPS) is 10.2. The van der Waals surface area contributed by atoms with Gasteiger partial charge in [0.25, 0.3) is 0 Å². The predicted octanol–water partition coefficient (Wildman–Crippen LogP) is 2.64. The number of unbranched alkanes of at least 4 members (excludes halogenated alkanes) is 3. The summed E-state index contributed by atoms with van der Waals surface area (Å²) in [7, 11) is 1.83. The Hall–Kier alpha value is -1.35. The molecule has 0 amide bonds. The summed E-state index contributed by atoms with van der Waals surface area (Å²) in [6.07, 6.45) is 6.15. The molecule has 3 nitrogen and oxygen atoms in total. The van der Waals surface area contributed by atoms with Crippen molar-refractivity contribution in [2.24, 2.45) is 0 Å². The van der Waals surface area contributed by atoms with Gasteiger partial charge in [-0.1, -0.05) is 18.9 Å². The average molecular weight is 235 g/mol. The molecule has 1 rings (SSSR count). The topological polar surface area (TPSA) is 49.3 Å². The smallest absolute Gasteiger partial charge is 0.152 e. The van der Waals surface area contributed by atoms with Crippen molar-refractivity contribution in [2.45, 2.75) is 32.1 Å². The Morgan fingerprint density at radius 1 is 1.24 bits per heavy atom. The third kappa shape index (κ3) is 4.57. The molecule has 94 valence electrons. The summed E-state index contributed by atoms with van der Waals surface area (Å²) in [5.41, 5.74) is 2.85. The molecular weight excluding hydrogens is 214 g/mol. The largest absolute Gasteiger partial charge is 0.396 e. The van der Waals surface area contributed by atoms with Crippen LogP contribution in [0.3, 0.4) is 0 Å². The molecule has 2 N–H and O–H groups in total. The van der Waals surface area contributed by atoms with Crippen molar-refractivity contribution >= 4 is 12.0 Å². The minimum absolute atomic E-state index is 0.290. The van der Waals surface area contributed by atoms with Crippen LogP contribution in [0, 0.1) is 0 Å². The highest BCUT2D eigenvalue weighted by Crippen LogP contribution is 2.17. The van der Waals surface area contributed by atoms with E-state index in [1.54, 1.807) is 0 Å². The quantitative estimate of drug-likeness (QED) is 0.538. The van der Waals surface area contributed by atoms with Gasteiger partial charge in [-0.3, -0.25) is 4.79 Å². The Morgan fingerprint density at radius 3 is 2.65 bits per heavy atom. The second-order valence-electron chi connectivity index (χ2n) is 4.18. The van der Waals surface area contributed by atoms with Crippen LogP contribution < -0.4 is 5.32 Å². The zero-order chi connectivity index (χ0) is 12.5. The molecule has 0 radical (unpaired) electrons. The number of aryl methyl sites for hydroxylation is 1. The molecule has 1 aromatic carbocycles. The maximum absolute atomic E-state index is 10.8. The first-order valence-corrected chi connectivity index (χ1v) is 6.18. The number of hydrogen-bond acceptors (Lipinski definition) is 3. The molecule has 0 unspecified atom stereocenters. The van der Waals surface area contributed by atoms with E-state index in [2.05, 4.69) is 5.32 Å². The fraction of sp³-hybridized carbons (Fsp3) is 0.500. The molecule has 0 aliphatic carbocycles. The number of nitrogens with one attached hydrogen (secondary N) is 1. The summed E-state index contributed by atoms with van der Waals surface area (Å²) in [5, 5.41) is 11.7. The van der Waals surface area contributed by atoms with Gasteiger partial charge in [0, 0.05) is 24.9 Å². The molecule has 0 bridgehead atoms. The van der Waals surface area contributed by atoms with Gasteiger partial charge in [0.1, 0.15) is 0 Å². The summed E-state index contributed by atoms with van der Waals surface area (Å²) in [6, 6.07) is 5.91. The van der Waals surface area contributed by atoms with Crippen LogP contribution in [0.4, 0.5) is 5.69 Å². The van der Waals surface area contributed by atoms with Gasteiger partial charge in [-0.05, 0) is 37.0 Å². The van der Waals surface area contributed by atoms with E-state index in [1.165, 1.54) is 5.56 Å². The van der Waals surface area contributed by atoms with E-state index in [0.29, 0.717) is 5.56 Å². The van der Waals surface area contributed by atoms with Crippen molar-refractivity contribution < 1.29 is 9.90 Å². The molecule has 0 aliphatic rings. The molecular formula is C14H21NO2. The van der Waals surface area contributed by atoms with Crippen molar-refractivity contribution in [2.75, 3.05) is 19.0 Å². The zero-order valence-corrected chi connectivity index (χ0v) is 10.4. The fourth-order valence-electron chi connectivity index (χ4n) is 1.87. The Morgan fingerprint density at radius 2 is 2.00 bits per heavy atom. The lowest BCUT2D eigenvalue weighted by Crippen LogP contribution is -1.96. The molecule has 0 heterocycles. The molecule has 3 heteroatoms. The van der Waals surface area contributed by atoms with Gasteiger partial charge in [0.15, 0.2) is 6.29 Å². The summed E-state index contributed by atoms with van der Waals surface area (Å²) in [4.78, 5) is 10.8. The lowest BCUT2D eigenvalue weighted by atomic mass is 10.0. The number of aliphatic hydroxyl groups excluding tert-OH is 1. The average Bonchev–Trinajstić information content (AvgIpc) is 2.38. The van der Waals surface area contributed by atoms with Crippen LogP contribution in [0.25, 0.3) is 0 Å². The van der Waals surface area contributed by atoms with Crippen LogP contribution in [0.15, 0.2) is 18.2 Å². The standard InChI is InChI=1S/C14H21NO2/c1-15-14-10-12(7-8-13(14)11-17)6-4-2-3-5-9-16/h7-8,10-11,15-16H,2-6,9H2,1H3. The molecule has 17 heavy (non-hydrogen) atoms. The molecule has 1 aromatic rings. The third-order valence-corrected chi connectivity index (χ3v) is 2.89. The van der Waals surface area contributed by atoms with Crippen molar-refractivity contribution in [1.82, 2.24) is 0 Å². The summed E-state index contributed by atoms with van der Waals surface area (Å²) in [6.45, 7) is 0.290. The lowest BCUT2D eigenvalue weighted by molar-refractivity contribution is 0.112. The minimum atomic E-state index is 0.290. The van der Waals surface area contributed by atoms with Crippen LogP contribution in [0.2, 0.25) is 0 Å². The highest BCUT2D eigenvalue weighted by atomic mass is 16.2. The van der Waals surface area contributed by atoms with Crippen LogP contribution in [0.5, 0.6) is 0 Å². The van der Waals surface area contributed by atoms with Crippen molar-refractivity contribution in [1.29, 1.82) is 0 Å². The number of hydrogen-bond donors (Lipinski definition) is 2. The third-order valence-electron chi connectivity index (χ3n) is 2.89. The van der Waals surface area contributed by atoms with Gasteiger partial charge in [-0.2, -0.15) is 0 Å². The van der Waals surface area contributed by atoms with Gasteiger partial charge >= 0.3 is 0 Å². The highest BCUT2D eigenvalue weighted by molar-refractivity contribution is 5.84. The minimum Gasteiger partial charge on any atom is -0.396 e. The van der Waals surface area contributed by atoms with Gasteiger partial charge in [0.2, 0.25) is 0 Å². The lowest BCUT2D eigenvalue weighted by Gasteiger charge is -2.07. The number of carbonyl (C=O) groups excluding carboxylic acids is 1. The molecule has 0 saturated carbocycles. The van der Waals surface area contributed by atoms with E-state index < -0.39 is 0 Å². The zero-order valence-electron chi connectivity index (χ0n) is 10.4. The van der Waals surface area contributed by atoms with E-state index in [9.17, 15) is 4.79 Å². The van der Waals surface area contributed by atoms with Crippen molar-refractivity contribution in [3.63, 3.8) is 0 Å². The highest BCUT2D eigenvalue weighted by Gasteiger charge is 2.01. The Bertz CT molecular complexity index is 350. The number of benzene rings is 1. The van der Waals surface area contributed by atoms with Crippen molar-refractivity contribution in [3.05, 3.63) is 29.3 Å². The number of aldehydes is 1. The van der Waals surface area contributed by atoms with Crippen LogP contribution in [-0.2, 0) is 6.42 Å². The SMILES string of the molecule is CNc1cc(CCCCCCO)ccc1C=O. The summed E-state index contributed by atoms with van der Waals surface area (Å²) >= 11 is 0. The summed E-state index contributed by atoms with van der Waals surface area (Å²) in [5.74, 6) is 0. The Kier molecular flexibility index (Phi) is 6.33. The number of rotatable bonds is 8. The molecule has 0 aliphatic heterocycles. The second kappa shape index (κ2) is 7.85. The first kappa shape index (κ1) is 13.7. The van der Waals surface area contributed by atoms with Crippen molar-refractivity contribution in [3.8, 4) is 0 Å². The maximum atomic E-state index is 10.8. The van der Waals surface area contributed by atoms with Gasteiger partial charge < -0.3 is 10.4 Å². The molecule has 0 aromatic heterocycles. The first-order valence-electron chi connectivity index (χ1n) is 6.18. The van der Waals surface area contributed by atoms with Gasteiger partial charge in [-0.25, -0.2) is 0 Å². The van der Waals surface area contributed by atoms with Gasteiger partial charge in [0.05, 0.1) is 0 Å². The van der Waals surface area contributed by atoms with Crippen LogP contribution in [-0.4, -0.2) is 25.0 Å². The molecule has 0 spiro atoms. The van der Waals surface area contributed by atoms with E-state index in [0.717, 1.165) is 44.1 Å². The van der Waals surface area contributed by atoms with E-state index >= 15 is 0 Å². The Labute approximate surface area is 103 Å². The number of carbonyl (C=O) groups is 1. The first-order chi connectivity index (χ1) is 8.31. The summed E-state index contributed by atoms with van der Waals surface area (Å²) < 4.78 is 0. The Balaban J connectivity index is 2.46. The molecule has 0 fully saturated rings. The fourth-order valence-corrected chi connectivity index (χ4v) is 1.87. The second-order valence-corrected chi connectivity index (χ2v) is 4.18. The van der Waals surface area contributed by atoms with Crippen LogP contribution >= 0.6 is 0 Å². The van der Waals surface area contributed by atoms with E-state index in [4.69, 9.17) is 5.11 Å². The van der Waals surface area contributed by atoms with Gasteiger partial charge in [-0.15, -0.1) is 0 Å². The maximum Gasteiger partial charge on any atom is 0.152 e. The molecule has 0 saturated heterocycles. The van der Waals surface area contributed by atoms with Crippen LogP contribution in [0.1, 0.15) is 41.6 Å². The number of anilines is 1. The monoisotopic (exact) mass is 235 g/mol. The predicted molar refractivity (Wildman–Crippen MR) is 70.6 cm³/mol. The molecule has 0 atom stereocenters. The van der Waals surface area contributed by atoms with E-state index in [1.807, 2.05) is 25.2 Å². The van der Waals surface area contributed by atoms with E-state index in [-0.39, 0.29) is 6.61 Å². The number of aliphatic hydroxyl groups is 1.